The highest BCUT2D eigenvalue weighted by Crippen LogP contribution is 1.98. The molecule has 1 aliphatic heterocycles. The van der Waals surface area contributed by atoms with Gasteiger partial charge in [0.25, 0.3) is 5.91 Å². The molecule has 0 aliphatic carbocycles. The van der Waals surface area contributed by atoms with Crippen molar-refractivity contribution in [1.29, 1.82) is 0 Å². The number of aliphatic imine (C=N–C) groups is 2. The average molecular weight is 155 g/mol. The van der Waals surface area contributed by atoms with Crippen LogP contribution in [0.3, 0.4) is 0 Å². The van der Waals surface area contributed by atoms with Crippen LogP contribution in [0.15, 0.2) is 9.98 Å². The molecule has 0 unspecified atom stereocenters. The highest BCUT2D eigenvalue weighted by atomic mass is 32.1. The molecule has 0 saturated heterocycles. The summed E-state index contributed by atoms with van der Waals surface area (Å²) in [4.78, 5) is 17.9. The van der Waals surface area contributed by atoms with Crippen molar-refractivity contribution in [2.75, 3.05) is 0 Å². The molecule has 1 rings (SSSR count). The largest absolute Gasteiger partial charge is 0.364 e. The fraction of sp³-hybridized carbons (Fsp3) is 0.200. The predicted molar refractivity (Wildman–Crippen MR) is 42.3 cm³/mol. The van der Waals surface area contributed by atoms with E-state index >= 15 is 0 Å². The Morgan fingerprint density at radius 1 is 1.60 bits per heavy atom. The molecule has 1 heterocycles. The lowest BCUT2D eigenvalue weighted by Gasteiger charge is -1.88. The van der Waals surface area contributed by atoms with Gasteiger partial charge in [0, 0.05) is 0 Å². The van der Waals surface area contributed by atoms with Crippen molar-refractivity contribution >= 4 is 34.7 Å². The van der Waals surface area contributed by atoms with E-state index in [9.17, 15) is 4.79 Å². The quantitative estimate of drug-likeness (QED) is 0.527. The molecule has 0 saturated carbocycles. The Kier molecular flexibility index (Phi) is 1.58. The van der Waals surface area contributed by atoms with E-state index in [0.717, 1.165) is 0 Å². The van der Waals surface area contributed by atoms with Gasteiger partial charge in [-0.1, -0.05) is 0 Å². The van der Waals surface area contributed by atoms with Crippen molar-refractivity contribution in [3.05, 3.63) is 0 Å². The van der Waals surface area contributed by atoms with Crippen molar-refractivity contribution in [2.45, 2.75) is 6.92 Å². The van der Waals surface area contributed by atoms with Crippen LogP contribution in [0, 0.1) is 0 Å². The summed E-state index contributed by atoms with van der Waals surface area (Å²) in [6.45, 7) is 1.64. The van der Waals surface area contributed by atoms with E-state index in [2.05, 4.69) is 22.2 Å². The molecule has 1 aliphatic rings. The van der Waals surface area contributed by atoms with E-state index < -0.39 is 5.91 Å². The molecule has 2 N–H and O–H groups in total. The molecule has 0 aromatic rings. The first kappa shape index (κ1) is 7.01. The number of hydrogen-bond donors (Lipinski definition) is 1. The number of hydrogen-bond acceptors (Lipinski definition) is 2. The third-order valence-electron chi connectivity index (χ3n) is 1.05. The van der Waals surface area contributed by atoms with E-state index in [1.165, 1.54) is 0 Å². The highest BCUT2D eigenvalue weighted by Gasteiger charge is 2.17. The summed E-state index contributed by atoms with van der Waals surface area (Å²) < 4.78 is 0. The second-order valence-electron chi connectivity index (χ2n) is 1.80. The van der Waals surface area contributed by atoms with Crippen molar-refractivity contribution < 1.29 is 4.79 Å². The molecule has 1 amide bonds. The van der Waals surface area contributed by atoms with Crippen LogP contribution in [-0.4, -0.2) is 22.4 Å². The fourth-order valence-electron chi connectivity index (χ4n) is 0.631. The number of primary amides is 1. The number of nitrogens with zero attached hydrogens (tertiary/aromatic N) is 2. The highest BCUT2D eigenvalue weighted by molar-refractivity contribution is 7.80. The van der Waals surface area contributed by atoms with Gasteiger partial charge in [-0.05, 0) is 19.1 Å². The molecule has 5 heteroatoms. The number of carbonyl (C=O) groups excluding carboxylic acids is 1. The maximum Gasteiger partial charge on any atom is 0.269 e. The van der Waals surface area contributed by atoms with E-state index in [-0.39, 0.29) is 10.8 Å². The molecule has 0 radical (unpaired) electrons. The number of amides is 1. The minimum atomic E-state index is -0.582. The molecule has 4 nitrogen and oxygen atoms in total. The molecule has 52 valence electrons. The van der Waals surface area contributed by atoms with Gasteiger partial charge in [-0.2, -0.15) is 0 Å². The molecule has 0 aromatic heterocycles. The smallest absolute Gasteiger partial charge is 0.269 e. The molecule has 0 aromatic carbocycles. The summed E-state index contributed by atoms with van der Waals surface area (Å²) in [5, 5.41) is 0.173. The van der Waals surface area contributed by atoms with E-state index in [0.29, 0.717) is 5.71 Å². The second kappa shape index (κ2) is 2.26. The Labute approximate surface area is 62.8 Å². The lowest BCUT2D eigenvalue weighted by atomic mass is 10.2. The SMILES string of the molecule is CC1=NC(=S)N=C1C(N)=O. The van der Waals surface area contributed by atoms with Crippen molar-refractivity contribution in [3.8, 4) is 0 Å². The van der Waals surface area contributed by atoms with Gasteiger partial charge in [-0.3, -0.25) is 4.79 Å². The van der Waals surface area contributed by atoms with Crippen LogP contribution in [0.4, 0.5) is 0 Å². The first-order valence-electron chi connectivity index (χ1n) is 2.59. The van der Waals surface area contributed by atoms with Gasteiger partial charge in [0.15, 0.2) is 5.71 Å². The minimum Gasteiger partial charge on any atom is -0.364 e. The summed E-state index contributed by atoms with van der Waals surface area (Å²) in [6.07, 6.45) is 0. The van der Waals surface area contributed by atoms with Gasteiger partial charge in [-0.15, -0.1) is 0 Å². The lowest BCUT2D eigenvalue weighted by Crippen LogP contribution is -2.27. The average Bonchev–Trinajstić information content (AvgIpc) is 2.10. The minimum absolute atomic E-state index is 0.171. The lowest BCUT2D eigenvalue weighted by molar-refractivity contribution is -0.111. The number of rotatable bonds is 1. The fourth-order valence-corrected chi connectivity index (χ4v) is 0.860. The maximum absolute atomic E-state index is 10.5. The second-order valence-corrected chi connectivity index (χ2v) is 2.17. The summed E-state index contributed by atoms with van der Waals surface area (Å²) in [7, 11) is 0. The molecular weight excluding hydrogens is 150 g/mol. The van der Waals surface area contributed by atoms with Crippen LogP contribution < -0.4 is 5.73 Å². The van der Waals surface area contributed by atoms with Gasteiger partial charge in [-0.25, -0.2) is 9.98 Å². The first-order valence-corrected chi connectivity index (χ1v) is 3.00. The van der Waals surface area contributed by atoms with Crippen LogP contribution in [0.5, 0.6) is 0 Å². The predicted octanol–water partition coefficient (Wildman–Crippen LogP) is -0.328. The monoisotopic (exact) mass is 155 g/mol. The maximum atomic E-state index is 10.5. The first-order chi connectivity index (χ1) is 4.61. The molecule has 0 atom stereocenters. The summed E-state index contributed by atoms with van der Waals surface area (Å²) >= 11 is 4.61. The third-order valence-corrected chi connectivity index (χ3v) is 1.23. The van der Waals surface area contributed by atoms with Gasteiger partial charge < -0.3 is 5.73 Å². The van der Waals surface area contributed by atoms with Crippen molar-refractivity contribution in [1.82, 2.24) is 0 Å². The van der Waals surface area contributed by atoms with Crippen LogP contribution in [0.2, 0.25) is 0 Å². The standard InChI is InChI=1S/C5H5N3OS/c1-2-3(4(6)9)8-5(10)7-2/h1H3,(H2,6,9). The summed E-state index contributed by atoms with van der Waals surface area (Å²) in [6, 6.07) is 0. The zero-order valence-electron chi connectivity index (χ0n) is 5.29. The number of nitrogens with two attached hydrogens (primary N) is 1. The zero-order chi connectivity index (χ0) is 7.72. The molecule has 10 heavy (non-hydrogen) atoms. The van der Waals surface area contributed by atoms with Crippen LogP contribution in [0.25, 0.3) is 0 Å². The molecule has 0 fully saturated rings. The Hall–Kier alpha value is -1.10. The van der Waals surface area contributed by atoms with Gasteiger partial charge >= 0.3 is 0 Å². The molecular formula is C5H5N3OS. The zero-order valence-corrected chi connectivity index (χ0v) is 6.10. The number of carbonyl (C=O) groups is 1. The Morgan fingerprint density at radius 2 is 2.20 bits per heavy atom. The summed E-state index contributed by atoms with van der Waals surface area (Å²) in [5.74, 6) is -0.582. The van der Waals surface area contributed by atoms with Crippen molar-refractivity contribution in [3.63, 3.8) is 0 Å². The van der Waals surface area contributed by atoms with E-state index in [1.807, 2.05) is 0 Å². The van der Waals surface area contributed by atoms with Crippen molar-refractivity contribution in [2.24, 2.45) is 15.7 Å². The number of thiocarbonyl (C=S) groups is 1. The van der Waals surface area contributed by atoms with Crippen LogP contribution >= 0.6 is 12.2 Å². The third kappa shape index (κ3) is 1.08. The van der Waals surface area contributed by atoms with Gasteiger partial charge in [0.1, 0.15) is 0 Å². The van der Waals surface area contributed by atoms with Gasteiger partial charge in [0.2, 0.25) is 5.11 Å². The van der Waals surface area contributed by atoms with Crippen LogP contribution in [0.1, 0.15) is 6.92 Å². The Bertz CT molecular complexity index is 266. The molecule has 0 spiro atoms. The Balaban J connectivity index is 3.01. The summed E-state index contributed by atoms with van der Waals surface area (Å²) in [5.41, 5.74) is 5.61. The van der Waals surface area contributed by atoms with E-state index in [4.69, 9.17) is 5.73 Å². The Morgan fingerprint density at radius 3 is 2.40 bits per heavy atom. The van der Waals surface area contributed by atoms with Gasteiger partial charge in [0.05, 0.1) is 5.71 Å². The normalized spacial score (nSPS) is 16.7. The molecule has 0 bridgehead atoms. The van der Waals surface area contributed by atoms with Crippen LogP contribution in [-0.2, 0) is 4.79 Å². The topological polar surface area (TPSA) is 67.8 Å². The van der Waals surface area contributed by atoms with E-state index in [1.54, 1.807) is 6.92 Å².